The first-order valence-corrected chi connectivity index (χ1v) is 8.06. The van der Waals surface area contributed by atoms with E-state index in [0.29, 0.717) is 37.3 Å². The molecule has 2 heterocycles. The summed E-state index contributed by atoms with van der Waals surface area (Å²) in [5.74, 6) is -0.695. The lowest BCUT2D eigenvalue weighted by Crippen LogP contribution is -2.50. The fraction of sp³-hybridized carbons (Fsp3) is 0.471. The zero-order valence-corrected chi connectivity index (χ0v) is 13.3. The van der Waals surface area contributed by atoms with Crippen molar-refractivity contribution in [2.45, 2.75) is 18.9 Å². The van der Waals surface area contributed by atoms with Gasteiger partial charge in [0.2, 0.25) is 5.91 Å². The maximum absolute atomic E-state index is 12.3. The smallest absolute Gasteiger partial charge is 0.261 e. The fourth-order valence-corrected chi connectivity index (χ4v) is 3.11. The Morgan fingerprint density at radius 2 is 1.88 bits per heavy atom. The molecule has 2 aliphatic rings. The van der Waals surface area contributed by atoms with Crippen LogP contribution in [0.25, 0.3) is 0 Å². The van der Waals surface area contributed by atoms with Crippen molar-refractivity contribution < 1.29 is 24.2 Å². The zero-order chi connectivity index (χ0) is 17.1. The van der Waals surface area contributed by atoms with Crippen LogP contribution in [-0.4, -0.2) is 71.6 Å². The molecule has 0 spiro atoms. The molecular weight excluding hydrogens is 312 g/mol. The molecule has 1 N–H and O–H groups in total. The van der Waals surface area contributed by atoms with Crippen LogP contribution in [0.5, 0.6) is 0 Å². The van der Waals surface area contributed by atoms with E-state index >= 15 is 0 Å². The Hall–Kier alpha value is -2.25. The maximum Gasteiger partial charge on any atom is 0.261 e. The first-order valence-electron chi connectivity index (χ1n) is 8.06. The van der Waals surface area contributed by atoms with Gasteiger partial charge in [-0.05, 0) is 18.6 Å². The second-order valence-corrected chi connectivity index (χ2v) is 5.91. The minimum atomic E-state index is -0.314. The molecule has 7 heteroatoms. The summed E-state index contributed by atoms with van der Waals surface area (Å²) in [6.07, 6.45) is 0.629. The Kier molecular flexibility index (Phi) is 4.92. The standard InChI is InChI=1S/C17H20N2O5/c20-10-12-11-24-9-8-18(12)15(21)6-3-7-19-16(22)13-4-1-2-5-14(13)17(19)23/h1-2,4-5,12,20H,3,6-11H2. The fourth-order valence-electron chi connectivity index (χ4n) is 3.11. The van der Waals surface area contributed by atoms with E-state index in [1.807, 2.05) is 0 Å². The molecule has 3 rings (SSSR count). The predicted octanol–water partition coefficient (Wildman–Crippen LogP) is 0.283. The monoisotopic (exact) mass is 332 g/mol. The van der Waals surface area contributed by atoms with E-state index < -0.39 is 0 Å². The number of morpholine rings is 1. The van der Waals surface area contributed by atoms with E-state index in [-0.39, 0.29) is 43.3 Å². The van der Waals surface area contributed by atoms with Crippen LogP contribution in [0.2, 0.25) is 0 Å². The number of fused-ring (bicyclic) bond motifs is 1. The van der Waals surface area contributed by atoms with Gasteiger partial charge < -0.3 is 14.7 Å². The van der Waals surface area contributed by atoms with Gasteiger partial charge in [-0.3, -0.25) is 19.3 Å². The minimum absolute atomic E-state index is 0.0889. The Morgan fingerprint density at radius 1 is 1.21 bits per heavy atom. The van der Waals surface area contributed by atoms with Crippen LogP contribution in [0.15, 0.2) is 24.3 Å². The lowest BCUT2D eigenvalue weighted by atomic mass is 10.1. The molecule has 0 aliphatic carbocycles. The number of amides is 3. The van der Waals surface area contributed by atoms with Gasteiger partial charge in [0.25, 0.3) is 11.8 Å². The van der Waals surface area contributed by atoms with Crippen LogP contribution in [0.3, 0.4) is 0 Å². The van der Waals surface area contributed by atoms with Gasteiger partial charge in [-0.25, -0.2) is 0 Å². The summed E-state index contributed by atoms with van der Waals surface area (Å²) in [4.78, 5) is 39.6. The topological polar surface area (TPSA) is 87.2 Å². The van der Waals surface area contributed by atoms with Crippen molar-refractivity contribution in [1.29, 1.82) is 0 Å². The van der Waals surface area contributed by atoms with E-state index in [1.54, 1.807) is 29.2 Å². The molecule has 1 fully saturated rings. The van der Waals surface area contributed by atoms with Crippen LogP contribution in [-0.2, 0) is 9.53 Å². The number of carbonyl (C=O) groups is 3. The lowest BCUT2D eigenvalue weighted by molar-refractivity contribution is -0.141. The van der Waals surface area contributed by atoms with Crippen molar-refractivity contribution in [3.63, 3.8) is 0 Å². The second kappa shape index (κ2) is 7.11. The third kappa shape index (κ3) is 3.05. The first-order chi connectivity index (χ1) is 11.6. The number of hydrogen-bond donors (Lipinski definition) is 1. The third-order valence-corrected chi connectivity index (χ3v) is 4.41. The molecule has 1 aromatic rings. The Labute approximate surface area is 139 Å². The molecule has 0 saturated carbocycles. The van der Waals surface area contributed by atoms with E-state index in [0.717, 1.165) is 0 Å². The summed E-state index contributed by atoms with van der Waals surface area (Å²) in [5.41, 5.74) is 0.838. The van der Waals surface area contributed by atoms with Crippen LogP contribution in [0.1, 0.15) is 33.6 Å². The van der Waals surface area contributed by atoms with Gasteiger partial charge in [0.05, 0.1) is 37.0 Å². The van der Waals surface area contributed by atoms with Gasteiger partial charge >= 0.3 is 0 Å². The van der Waals surface area contributed by atoms with Crippen molar-refractivity contribution >= 4 is 17.7 Å². The summed E-state index contributed by atoms with van der Waals surface area (Å²) >= 11 is 0. The largest absolute Gasteiger partial charge is 0.394 e. The van der Waals surface area contributed by atoms with E-state index in [4.69, 9.17) is 4.74 Å². The van der Waals surface area contributed by atoms with Crippen LogP contribution in [0, 0.1) is 0 Å². The number of benzene rings is 1. The van der Waals surface area contributed by atoms with E-state index in [1.165, 1.54) is 4.90 Å². The highest BCUT2D eigenvalue weighted by Gasteiger charge is 2.35. The molecule has 0 bridgehead atoms. The predicted molar refractivity (Wildman–Crippen MR) is 84.4 cm³/mol. The number of hydrogen-bond acceptors (Lipinski definition) is 5. The molecule has 7 nitrogen and oxygen atoms in total. The average molecular weight is 332 g/mol. The summed E-state index contributed by atoms with van der Waals surface area (Å²) in [6.45, 7) is 1.33. The number of imide groups is 1. The van der Waals surface area contributed by atoms with Gasteiger partial charge in [0.15, 0.2) is 0 Å². The Balaban J connectivity index is 1.55. The molecule has 1 atom stereocenters. The Bertz CT molecular complexity index is 625. The normalized spacial score (nSPS) is 20.5. The van der Waals surface area contributed by atoms with Gasteiger partial charge in [-0.1, -0.05) is 12.1 Å². The van der Waals surface area contributed by atoms with Crippen molar-refractivity contribution in [2.75, 3.05) is 32.9 Å². The molecule has 0 radical (unpaired) electrons. The molecule has 1 saturated heterocycles. The highest BCUT2D eigenvalue weighted by Crippen LogP contribution is 2.22. The molecule has 0 aromatic heterocycles. The van der Waals surface area contributed by atoms with Crippen molar-refractivity contribution in [3.05, 3.63) is 35.4 Å². The van der Waals surface area contributed by atoms with E-state index in [2.05, 4.69) is 0 Å². The number of ether oxygens (including phenoxy) is 1. The molecule has 2 aliphatic heterocycles. The molecule has 1 aromatic carbocycles. The molecule has 1 unspecified atom stereocenters. The number of aliphatic hydroxyl groups excluding tert-OH is 1. The summed E-state index contributed by atoms with van der Waals surface area (Å²) in [5, 5.41) is 9.31. The van der Waals surface area contributed by atoms with Gasteiger partial charge in [-0.2, -0.15) is 0 Å². The highest BCUT2D eigenvalue weighted by molar-refractivity contribution is 6.21. The van der Waals surface area contributed by atoms with E-state index in [9.17, 15) is 19.5 Å². The van der Waals surface area contributed by atoms with Crippen molar-refractivity contribution in [1.82, 2.24) is 9.80 Å². The summed E-state index contributed by atoms with van der Waals surface area (Å²) in [7, 11) is 0. The molecular formula is C17H20N2O5. The summed E-state index contributed by atoms with van der Waals surface area (Å²) in [6, 6.07) is 6.42. The zero-order valence-electron chi connectivity index (χ0n) is 13.3. The van der Waals surface area contributed by atoms with Crippen LogP contribution in [0.4, 0.5) is 0 Å². The summed E-state index contributed by atoms with van der Waals surface area (Å²) < 4.78 is 5.25. The quantitative estimate of drug-likeness (QED) is 0.783. The first kappa shape index (κ1) is 16.6. The number of aliphatic hydroxyl groups is 1. The number of rotatable bonds is 5. The maximum atomic E-state index is 12.3. The highest BCUT2D eigenvalue weighted by atomic mass is 16.5. The van der Waals surface area contributed by atoms with Crippen molar-refractivity contribution in [3.8, 4) is 0 Å². The SMILES string of the molecule is O=C1c2ccccc2C(=O)N1CCCC(=O)N1CCOCC1CO. The van der Waals surface area contributed by atoms with Gasteiger partial charge in [-0.15, -0.1) is 0 Å². The van der Waals surface area contributed by atoms with Crippen LogP contribution >= 0.6 is 0 Å². The molecule has 24 heavy (non-hydrogen) atoms. The molecule has 3 amide bonds. The lowest BCUT2D eigenvalue weighted by Gasteiger charge is -2.34. The second-order valence-electron chi connectivity index (χ2n) is 5.91. The Morgan fingerprint density at radius 3 is 2.50 bits per heavy atom. The van der Waals surface area contributed by atoms with Crippen molar-refractivity contribution in [2.24, 2.45) is 0 Å². The number of carbonyl (C=O) groups excluding carboxylic acids is 3. The molecule has 128 valence electrons. The third-order valence-electron chi connectivity index (χ3n) is 4.41. The van der Waals surface area contributed by atoms with Gasteiger partial charge in [0, 0.05) is 19.5 Å². The van der Waals surface area contributed by atoms with Crippen LogP contribution < -0.4 is 0 Å². The average Bonchev–Trinajstić information content (AvgIpc) is 2.86. The van der Waals surface area contributed by atoms with Gasteiger partial charge in [0.1, 0.15) is 0 Å². The minimum Gasteiger partial charge on any atom is -0.394 e. The number of nitrogens with zero attached hydrogens (tertiary/aromatic N) is 2.